The Kier molecular flexibility index (Phi) is 5.07. The molecular weight excluding hydrogens is 354 g/mol. The normalized spacial score (nSPS) is 11.0. The second-order valence-electron chi connectivity index (χ2n) is 6.50. The van der Waals surface area contributed by atoms with Crippen LogP contribution in [0.2, 0.25) is 0 Å². The van der Waals surface area contributed by atoms with Crippen LogP contribution in [0.25, 0.3) is 21.6 Å². The van der Waals surface area contributed by atoms with Crippen molar-refractivity contribution in [2.24, 2.45) is 0 Å². The van der Waals surface area contributed by atoms with E-state index in [0.29, 0.717) is 0 Å². The number of rotatable bonds is 6. The third kappa shape index (κ3) is 4.11. The number of hydrogen-bond donors (Lipinski definition) is 1. The van der Waals surface area contributed by atoms with Crippen molar-refractivity contribution in [3.63, 3.8) is 0 Å². The molecule has 0 saturated heterocycles. The standard InChI is InChI=1S/C21H21N5S/c1-3-4-5-15-8-10-23-19(13-15)26-21-25-18-7-6-17(24-20(18)27-21)16-9-11-22-14(2)12-16/h6-13H,3-5H2,1-2H3,(H,23,25,26). The lowest BCUT2D eigenvalue weighted by atomic mass is 10.1. The topological polar surface area (TPSA) is 63.6 Å². The van der Waals surface area contributed by atoms with Gasteiger partial charge in [0, 0.05) is 23.7 Å². The van der Waals surface area contributed by atoms with E-state index in [-0.39, 0.29) is 0 Å². The third-order valence-corrected chi connectivity index (χ3v) is 5.21. The first-order valence-corrected chi connectivity index (χ1v) is 9.95. The minimum absolute atomic E-state index is 0.806. The van der Waals surface area contributed by atoms with Crippen molar-refractivity contribution in [3.8, 4) is 11.3 Å². The van der Waals surface area contributed by atoms with E-state index in [9.17, 15) is 0 Å². The van der Waals surface area contributed by atoms with Gasteiger partial charge in [-0.3, -0.25) is 4.98 Å². The number of aromatic nitrogens is 4. The molecular formula is C21H21N5S. The number of nitrogens with zero attached hydrogens (tertiary/aromatic N) is 4. The summed E-state index contributed by atoms with van der Waals surface area (Å²) in [5.41, 5.74) is 5.17. The maximum atomic E-state index is 4.77. The lowest BCUT2D eigenvalue weighted by Crippen LogP contribution is -1.94. The van der Waals surface area contributed by atoms with E-state index in [4.69, 9.17) is 4.98 Å². The molecule has 0 aromatic carbocycles. The maximum Gasteiger partial charge on any atom is 0.190 e. The zero-order valence-electron chi connectivity index (χ0n) is 15.4. The van der Waals surface area contributed by atoms with E-state index in [2.05, 4.69) is 39.3 Å². The van der Waals surface area contributed by atoms with Crippen LogP contribution >= 0.6 is 11.3 Å². The molecule has 136 valence electrons. The van der Waals surface area contributed by atoms with Crippen LogP contribution in [0.1, 0.15) is 31.0 Å². The lowest BCUT2D eigenvalue weighted by molar-refractivity contribution is 0.794. The molecule has 0 fully saturated rings. The third-order valence-electron chi connectivity index (χ3n) is 4.33. The van der Waals surface area contributed by atoms with Crippen molar-refractivity contribution in [2.45, 2.75) is 33.1 Å². The summed E-state index contributed by atoms with van der Waals surface area (Å²) in [6, 6.07) is 12.2. The Hall–Kier alpha value is -2.86. The molecule has 27 heavy (non-hydrogen) atoms. The van der Waals surface area contributed by atoms with Gasteiger partial charge in [-0.1, -0.05) is 24.7 Å². The Morgan fingerprint density at radius 2 is 1.89 bits per heavy atom. The summed E-state index contributed by atoms with van der Waals surface area (Å²) in [4.78, 5) is 19.0. The molecule has 0 atom stereocenters. The van der Waals surface area contributed by atoms with Gasteiger partial charge < -0.3 is 5.32 Å². The number of hydrogen-bond acceptors (Lipinski definition) is 6. The largest absolute Gasteiger partial charge is 0.316 e. The minimum atomic E-state index is 0.806. The van der Waals surface area contributed by atoms with E-state index < -0.39 is 0 Å². The van der Waals surface area contributed by atoms with Crippen molar-refractivity contribution in [2.75, 3.05) is 5.32 Å². The summed E-state index contributed by atoms with van der Waals surface area (Å²) in [5, 5.41) is 4.13. The molecule has 0 spiro atoms. The molecule has 0 radical (unpaired) electrons. The SMILES string of the molecule is CCCCc1ccnc(Nc2nc3ccc(-c4ccnc(C)c4)nc3s2)c1. The van der Waals surface area contributed by atoms with Gasteiger partial charge in [-0.15, -0.1) is 0 Å². The van der Waals surface area contributed by atoms with Crippen LogP contribution in [-0.2, 0) is 6.42 Å². The molecule has 0 aliphatic rings. The fourth-order valence-electron chi connectivity index (χ4n) is 2.92. The average molecular weight is 376 g/mol. The number of nitrogens with one attached hydrogen (secondary N) is 1. The van der Waals surface area contributed by atoms with E-state index in [1.54, 1.807) is 0 Å². The fraction of sp³-hybridized carbons (Fsp3) is 0.238. The van der Waals surface area contributed by atoms with E-state index >= 15 is 0 Å². The van der Waals surface area contributed by atoms with Gasteiger partial charge in [0.25, 0.3) is 0 Å². The smallest absolute Gasteiger partial charge is 0.190 e. The first kappa shape index (κ1) is 17.5. The number of thiazole rings is 1. The summed E-state index contributed by atoms with van der Waals surface area (Å²) < 4.78 is 0. The molecule has 4 heterocycles. The summed E-state index contributed by atoms with van der Waals surface area (Å²) >= 11 is 1.54. The van der Waals surface area contributed by atoms with Crippen LogP contribution < -0.4 is 5.32 Å². The number of pyridine rings is 3. The molecule has 4 aromatic rings. The second kappa shape index (κ2) is 7.80. The molecule has 0 amide bonds. The summed E-state index contributed by atoms with van der Waals surface area (Å²) in [7, 11) is 0. The Balaban J connectivity index is 1.59. The first-order valence-electron chi connectivity index (χ1n) is 9.14. The minimum Gasteiger partial charge on any atom is -0.316 e. The number of fused-ring (bicyclic) bond motifs is 1. The molecule has 4 rings (SSSR count). The Morgan fingerprint density at radius 1 is 1.00 bits per heavy atom. The summed E-state index contributed by atoms with van der Waals surface area (Å²) in [6.45, 7) is 4.19. The molecule has 0 bridgehead atoms. The highest BCUT2D eigenvalue weighted by atomic mass is 32.1. The van der Waals surface area contributed by atoms with Crippen LogP contribution in [0.5, 0.6) is 0 Å². The van der Waals surface area contributed by atoms with Gasteiger partial charge in [-0.25, -0.2) is 15.0 Å². The van der Waals surface area contributed by atoms with Gasteiger partial charge in [0.2, 0.25) is 0 Å². The van der Waals surface area contributed by atoms with Gasteiger partial charge in [0.05, 0.1) is 5.69 Å². The fourth-order valence-corrected chi connectivity index (χ4v) is 3.77. The Labute approximate surface area is 162 Å². The van der Waals surface area contributed by atoms with Crippen molar-refractivity contribution >= 4 is 32.6 Å². The number of aryl methyl sites for hydroxylation is 2. The average Bonchev–Trinajstić information content (AvgIpc) is 3.08. The van der Waals surface area contributed by atoms with E-state index in [0.717, 1.165) is 44.7 Å². The van der Waals surface area contributed by atoms with Gasteiger partial charge in [-0.05, 0) is 61.7 Å². The summed E-state index contributed by atoms with van der Waals surface area (Å²) in [5.74, 6) is 0.827. The zero-order chi connectivity index (χ0) is 18.6. The van der Waals surface area contributed by atoms with Crippen LogP contribution in [0.15, 0.2) is 48.8 Å². The highest BCUT2D eigenvalue weighted by Crippen LogP contribution is 2.29. The molecule has 0 unspecified atom stereocenters. The zero-order valence-corrected chi connectivity index (χ0v) is 16.3. The van der Waals surface area contributed by atoms with Crippen molar-refractivity contribution in [1.29, 1.82) is 0 Å². The molecule has 0 aliphatic heterocycles. The molecule has 0 saturated carbocycles. The molecule has 6 heteroatoms. The monoisotopic (exact) mass is 375 g/mol. The van der Waals surface area contributed by atoms with Gasteiger partial charge in [0.15, 0.2) is 5.13 Å². The van der Waals surface area contributed by atoms with Crippen molar-refractivity contribution < 1.29 is 0 Å². The van der Waals surface area contributed by atoms with Gasteiger partial charge >= 0.3 is 0 Å². The predicted molar refractivity (Wildman–Crippen MR) is 112 cm³/mol. The maximum absolute atomic E-state index is 4.77. The van der Waals surface area contributed by atoms with Crippen LogP contribution in [0.4, 0.5) is 10.9 Å². The first-order chi connectivity index (χ1) is 13.2. The van der Waals surface area contributed by atoms with Crippen molar-refractivity contribution in [1.82, 2.24) is 19.9 Å². The Bertz CT molecular complexity index is 1070. The van der Waals surface area contributed by atoms with Crippen LogP contribution in [0.3, 0.4) is 0 Å². The number of anilines is 2. The highest BCUT2D eigenvalue weighted by molar-refractivity contribution is 7.21. The molecule has 1 N–H and O–H groups in total. The lowest BCUT2D eigenvalue weighted by Gasteiger charge is -2.04. The van der Waals surface area contributed by atoms with Gasteiger partial charge in [-0.2, -0.15) is 0 Å². The van der Waals surface area contributed by atoms with E-state index in [1.165, 1.54) is 29.7 Å². The Morgan fingerprint density at radius 3 is 2.74 bits per heavy atom. The molecule has 0 aliphatic carbocycles. The van der Waals surface area contributed by atoms with Gasteiger partial charge in [0.1, 0.15) is 16.2 Å². The summed E-state index contributed by atoms with van der Waals surface area (Å²) in [6.07, 6.45) is 7.11. The highest BCUT2D eigenvalue weighted by Gasteiger charge is 2.09. The quantitative estimate of drug-likeness (QED) is 0.479. The van der Waals surface area contributed by atoms with Crippen molar-refractivity contribution in [3.05, 3.63) is 60.0 Å². The molecule has 4 aromatic heterocycles. The molecule has 5 nitrogen and oxygen atoms in total. The second-order valence-corrected chi connectivity index (χ2v) is 7.48. The van der Waals surface area contributed by atoms with Crippen LogP contribution in [-0.4, -0.2) is 19.9 Å². The van der Waals surface area contributed by atoms with Crippen LogP contribution in [0, 0.1) is 6.92 Å². The number of unbranched alkanes of at least 4 members (excludes halogenated alkanes) is 1. The predicted octanol–water partition coefficient (Wildman–Crippen LogP) is 5.54. The van der Waals surface area contributed by atoms with E-state index in [1.807, 2.05) is 43.6 Å².